The second kappa shape index (κ2) is 12.2. The van der Waals surface area contributed by atoms with Crippen LogP contribution in [0.4, 0.5) is 0 Å². The molecule has 5 rings (SSSR count). The van der Waals surface area contributed by atoms with Gasteiger partial charge in [0.25, 0.3) is 5.91 Å². The van der Waals surface area contributed by atoms with Crippen LogP contribution < -0.4 is 19.6 Å². The Labute approximate surface area is 245 Å². The van der Waals surface area contributed by atoms with Gasteiger partial charge < -0.3 is 19.2 Å². The van der Waals surface area contributed by atoms with Gasteiger partial charge in [-0.2, -0.15) is 5.10 Å². The lowest BCUT2D eigenvalue weighted by Crippen LogP contribution is -2.19. The molecule has 0 saturated heterocycles. The lowest BCUT2D eigenvalue weighted by molar-refractivity contribution is 0.0729. The van der Waals surface area contributed by atoms with Crippen molar-refractivity contribution in [3.05, 3.63) is 112 Å². The van der Waals surface area contributed by atoms with E-state index in [0.717, 1.165) is 5.39 Å². The Morgan fingerprint density at radius 3 is 2.41 bits per heavy atom. The molecule has 206 valence electrons. The minimum absolute atomic E-state index is 0.223. The molecule has 4 aromatic carbocycles. The number of fused-ring (bicyclic) bond motifs is 1. The number of nitrogens with one attached hydrogen (secondary N) is 2. The van der Waals surface area contributed by atoms with Crippen LogP contribution in [0.2, 0.25) is 10.0 Å². The van der Waals surface area contributed by atoms with Crippen LogP contribution in [0.5, 0.6) is 17.2 Å². The van der Waals surface area contributed by atoms with Gasteiger partial charge in [-0.3, -0.25) is 4.79 Å². The van der Waals surface area contributed by atoms with Crippen LogP contribution in [-0.2, 0) is 0 Å². The molecule has 0 atom stereocenters. The summed E-state index contributed by atoms with van der Waals surface area (Å²) in [4.78, 5) is 29.0. The third-order valence-electron chi connectivity index (χ3n) is 6.23. The number of methoxy groups -OCH3 is 2. The molecule has 5 aromatic rings. The summed E-state index contributed by atoms with van der Waals surface area (Å²) in [6, 6.07) is 24.2. The highest BCUT2D eigenvalue weighted by Gasteiger charge is 2.22. The Morgan fingerprint density at radius 2 is 1.63 bits per heavy atom. The van der Waals surface area contributed by atoms with Crippen molar-refractivity contribution in [2.45, 2.75) is 0 Å². The Hall–Kier alpha value is -4.79. The van der Waals surface area contributed by atoms with Crippen LogP contribution in [0.25, 0.3) is 22.0 Å². The first kappa shape index (κ1) is 27.8. The average molecular weight is 588 g/mol. The second-order valence-corrected chi connectivity index (χ2v) is 9.56. The first-order valence-corrected chi connectivity index (χ1v) is 13.1. The number of aromatic nitrogens is 1. The Bertz CT molecular complexity index is 1800. The van der Waals surface area contributed by atoms with Crippen LogP contribution in [-0.4, -0.2) is 37.3 Å². The fourth-order valence-corrected chi connectivity index (χ4v) is 4.73. The summed E-state index contributed by atoms with van der Waals surface area (Å²) >= 11 is 12.9. The summed E-state index contributed by atoms with van der Waals surface area (Å²) < 4.78 is 16.1. The zero-order valence-corrected chi connectivity index (χ0v) is 23.4. The van der Waals surface area contributed by atoms with Gasteiger partial charge in [0.05, 0.1) is 36.5 Å². The Morgan fingerprint density at radius 1 is 0.854 bits per heavy atom. The van der Waals surface area contributed by atoms with Crippen molar-refractivity contribution in [2.75, 3.05) is 14.2 Å². The quantitative estimate of drug-likeness (QED) is 0.0869. The summed E-state index contributed by atoms with van der Waals surface area (Å²) in [5.74, 6) is 0.0149. The van der Waals surface area contributed by atoms with Gasteiger partial charge in [-0.25, -0.2) is 10.2 Å². The number of benzene rings is 4. The van der Waals surface area contributed by atoms with Crippen molar-refractivity contribution in [1.82, 2.24) is 10.4 Å². The molecule has 10 heteroatoms. The maximum absolute atomic E-state index is 13.3. The highest BCUT2D eigenvalue weighted by atomic mass is 35.5. The number of nitrogens with zero attached hydrogens (tertiary/aromatic N) is 1. The molecule has 0 aliphatic carbocycles. The van der Waals surface area contributed by atoms with Gasteiger partial charge in [0.1, 0.15) is 11.4 Å². The van der Waals surface area contributed by atoms with E-state index in [4.69, 9.17) is 37.4 Å². The molecule has 0 spiro atoms. The normalized spacial score (nSPS) is 11.0. The van der Waals surface area contributed by atoms with Gasteiger partial charge in [-0.1, -0.05) is 59.6 Å². The molecule has 41 heavy (non-hydrogen) atoms. The molecule has 0 fully saturated rings. The average Bonchev–Trinajstić information content (AvgIpc) is 3.39. The molecule has 0 bridgehead atoms. The molecule has 1 aromatic heterocycles. The molecular weight excluding hydrogens is 565 g/mol. The van der Waals surface area contributed by atoms with Crippen molar-refractivity contribution < 1.29 is 23.8 Å². The number of aromatic amines is 1. The molecule has 8 nitrogen and oxygen atoms in total. The molecule has 0 aliphatic heterocycles. The van der Waals surface area contributed by atoms with Crippen LogP contribution >= 0.6 is 23.2 Å². The monoisotopic (exact) mass is 587 g/mol. The third kappa shape index (κ3) is 5.89. The molecule has 0 aliphatic rings. The summed E-state index contributed by atoms with van der Waals surface area (Å²) in [7, 11) is 2.97. The number of hydrogen-bond donors (Lipinski definition) is 2. The van der Waals surface area contributed by atoms with E-state index in [0.29, 0.717) is 49.3 Å². The van der Waals surface area contributed by atoms with E-state index in [9.17, 15) is 9.59 Å². The number of carbonyl (C=O) groups is 2. The number of halogens is 2. The summed E-state index contributed by atoms with van der Waals surface area (Å²) in [5.41, 5.74) is 5.64. The number of amides is 1. The maximum atomic E-state index is 13.3. The van der Waals surface area contributed by atoms with Gasteiger partial charge >= 0.3 is 5.97 Å². The number of hydrazone groups is 1. The number of rotatable bonds is 8. The number of para-hydroxylation sites is 1. The summed E-state index contributed by atoms with van der Waals surface area (Å²) in [6.45, 7) is 0. The first-order chi connectivity index (χ1) is 19.9. The second-order valence-electron chi connectivity index (χ2n) is 8.75. The third-order valence-corrected chi connectivity index (χ3v) is 6.87. The summed E-state index contributed by atoms with van der Waals surface area (Å²) in [6.07, 6.45) is 1.44. The highest BCUT2D eigenvalue weighted by molar-refractivity contribution is 6.37. The fraction of sp³-hybridized carbons (Fsp3) is 0.0645. The molecule has 0 radical (unpaired) electrons. The predicted molar refractivity (Wildman–Crippen MR) is 160 cm³/mol. The van der Waals surface area contributed by atoms with E-state index in [2.05, 4.69) is 15.5 Å². The van der Waals surface area contributed by atoms with Crippen LogP contribution in [0, 0.1) is 0 Å². The van der Waals surface area contributed by atoms with Crippen molar-refractivity contribution in [2.24, 2.45) is 5.10 Å². The topological polar surface area (TPSA) is 102 Å². The SMILES string of the molecule is COc1cccc(C(=O)Oc2ccc(C=NNC(=O)c3[nH]c4c(Cl)cccc4c3-c3ccccc3Cl)cc2OC)c1. The molecular formula is C31H23Cl2N3O5. The molecule has 1 amide bonds. The van der Waals surface area contributed by atoms with Gasteiger partial charge in [0.2, 0.25) is 0 Å². The molecule has 1 heterocycles. The predicted octanol–water partition coefficient (Wildman–Crippen LogP) is 7.14. The largest absolute Gasteiger partial charge is 0.497 e. The lowest BCUT2D eigenvalue weighted by Gasteiger charge is -2.10. The van der Waals surface area contributed by atoms with Gasteiger partial charge in [-0.05, 0) is 54.1 Å². The number of esters is 1. The van der Waals surface area contributed by atoms with Crippen LogP contribution in [0.15, 0.2) is 90.0 Å². The number of H-pyrrole nitrogens is 1. The fourth-order valence-electron chi connectivity index (χ4n) is 4.27. The van der Waals surface area contributed by atoms with Crippen LogP contribution in [0.3, 0.4) is 0 Å². The van der Waals surface area contributed by atoms with E-state index in [1.807, 2.05) is 30.3 Å². The molecule has 0 saturated carbocycles. The smallest absolute Gasteiger partial charge is 0.343 e. The minimum atomic E-state index is -0.566. The lowest BCUT2D eigenvalue weighted by atomic mass is 10.0. The zero-order valence-electron chi connectivity index (χ0n) is 21.9. The Balaban J connectivity index is 1.36. The number of hydrogen-bond acceptors (Lipinski definition) is 6. The molecule has 0 unspecified atom stereocenters. The van der Waals surface area contributed by atoms with E-state index in [1.54, 1.807) is 54.6 Å². The van der Waals surface area contributed by atoms with E-state index in [-0.39, 0.29) is 11.4 Å². The van der Waals surface area contributed by atoms with E-state index < -0.39 is 11.9 Å². The van der Waals surface area contributed by atoms with Crippen molar-refractivity contribution in [1.29, 1.82) is 0 Å². The van der Waals surface area contributed by atoms with Gasteiger partial charge in [0.15, 0.2) is 11.5 Å². The number of ether oxygens (including phenoxy) is 3. The highest BCUT2D eigenvalue weighted by Crippen LogP contribution is 2.38. The van der Waals surface area contributed by atoms with Gasteiger partial charge in [-0.15, -0.1) is 0 Å². The Kier molecular flexibility index (Phi) is 8.24. The number of carbonyl (C=O) groups excluding carboxylic acids is 2. The van der Waals surface area contributed by atoms with Crippen molar-refractivity contribution in [3.63, 3.8) is 0 Å². The van der Waals surface area contributed by atoms with Crippen LogP contribution in [0.1, 0.15) is 26.4 Å². The van der Waals surface area contributed by atoms with Gasteiger partial charge in [0, 0.05) is 21.5 Å². The first-order valence-electron chi connectivity index (χ1n) is 12.3. The molecule has 2 N–H and O–H groups in total. The van der Waals surface area contributed by atoms with Crippen molar-refractivity contribution >= 4 is 52.2 Å². The van der Waals surface area contributed by atoms with Crippen molar-refractivity contribution in [3.8, 4) is 28.4 Å². The minimum Gasteiger partial charge on any atom is -0.497 e. The zero-order chi connectivity index (χ0) is 28.9. The standard InChI is InChI=1S/C31H23Cl2N3O5/c1-39-20-8-5-7-19(16-20)31(38)41-25-14-13-18(15-26(25)40-2)17-34-36-30(37)29-27(21-9-3-4-11-23(21)32)22-10-6-12-24(33)28(22)35-29/h3-17,35H,1-2H3,(H,36,37). The van der Waals surface area contributed by atoms with E-state index in [1.165, 1.54) is 20.4 Å². The van der Waals surface area contributed by atoms with E-state index >= 15 is 0 Å². The summed E-state index contributed by atoms with van der Waals surface area (Å²) in [5, 5.41) is 5.83. The maximum Gasteiger partial charge on any atom is 0.343 e.